The van der Waals surface area contributed by atoms with Crippen LogP contribution in [0.3, 0.4) is 0 Å². The van der Waals surface area contributed by atoms with Gasteiger partial charge in [0.2, 0.25) is 5.78 Å². The van der Waals surface area contributed by atoms with Crippen LogP contribution in [0, 0.1) is 10.1 Å². The van der Waals surface area contributed by atoms with Crippen molar-refractivity contribution in [3.8, 4) is 0 Å². The summed E-state index contributed by atoms with van der Waals surface area (Å²) in [5.41, 5.74) is 0.171. The number of halogens is 1. The van der Waals surface area contributed by atoms with Gasteiger partial charge < -0.3 is 15.2 Å². The molecule has 0 saturated carbocycles. The van der Waals surface area contributed by atoms with Crippen LogP contribution >= 0.6 is 11.6 Å². The van der Waals surface area contributed by atoms with Crippen LogP contribution < -0.4 is 5.32 Å². The summed E-state index contributed by atoms with van der Waals surface area (Å²) >= 11 is 5.78. The summed E-state index contributed by atoms with van der Waals surface area (Å²) in [4.78, 5) is 35.2. The van der Waals surface area contributed by atoms with E-state index in [0.29, 0.717) is 10.6 Å². The molecule has 0 fully saturated rings. The van der Waals surface area contributed by atoms with Gasteiger partial charge in [-0.15, -0.1) is 0 Å². The van der Waals surface area contributed by atoms with Gasteiger partial charge in [0.05, 0.1) is 17.1 Å². The topological polar surface area (TPSA) is 119 Å². The van der Waals surface area contributed by atoms with Crippen LogP contribution in [-0.2, 0) is 4.74 Å². The summed E-state index contributed by atoms with van der Waals surface area (Å²) in [5.74, 6) is -1.33. The van der Waals surface area contributed by atoms with Crippen molar-refractivity contribution in [1.82, 2.24) is 0 Å². The molecule has 9 heteroatoms. The third-order valence-corrected chi connectivity index (χ3v) is 3.89. The molecule has 0 aliphatic heterocycles. The molecular weight excluding hydrogens is 376 g/mol. The summed E-state index contributed by atoms with van der Waals surface area (Å²) in [6.07, 6.45) is -1.11. The molecule has 0 unspecified atom stereocenters. The van der Waals surface area contributed by atoms with Crippen molar-refractivity contribution in [2.75, 3.05) is 18.5 Å². The van der Waals surface area contributed by atoms with Gasteiger partial charge in [0.25, 0.3) is 5.69 Å². The minimum atomic E-state index is -1.11. The van der Waals surface area contributed by atoms with Crippen molar-refractivity contribution in [3.63, 3.8) is 0 Å². The van der Waals surface area contributed by atoms with E-state index in [9.17, 15) is 19.7 Å². The zero-order valence-corrected chi connectivity index (χ0v) is 15.1. The molecule has 0 aliphatic rings. The maximum Gasteiger partial charge on any atom is 0.341 e. The number of nitrogens with one attached hydrogen (secondary N) is 1. The number of ether oxygens (including phenoxy) is 1. The lowest BCUT2D eigenvalue weighted by Gasteiger charge is -2.15. The van der Waals surface area contributed by atoms with Crippen molar-refractivity contribution >= 4 is 34.7 Å². The lowest BCUT2D eigenvalue weighted by atomic mass is 10.1. The van der Waals surface area contributed by atoms with Crippen LogP contribution in [0.15, 0.2) is 42.5 Å². The highest BCUT2D eigenvalue weighted by molar-refractivity contribution is 6.30. The molecule has 0 radical (unpaired) electrons. The fourth-order valence-electron chi connectivity index (χ4n) is 2.29. The normalized spacial score (nSPS) is 11.5. The van der Waals surface area contributed by atoms with Crippen LogP contribution in [0.25, 0.3) is 0 Å². The largest absolute Gasteiger partial charge is 0.451 e. The third-order valence-electron chi connectivity index (χ3n) is 3.64. The molecule has 0 aromatic heterocycles. The zero-order chi connectivity index (χ0) is 20.0. The number of aliphatic hydroxyl groups excluding tert-OH is 1. The van der Waals surface area contributed by atoms with Crippen LogP contribution in [0.1, 0.15) is 27.6 Å². The summed E-state index contributed by atoms with van der Waals surface area (Å²) in [6, 6.07) is 9.73. The Bertz CT molecular complexity index is 853. The second kappa shape index (κ2) is 9.11. The monoisotopic (exact) mass is 392 g/mol. The number of nitro groups is 1. The first-order valence-electron chi connectivity index (χ1n) is 7.97. The predicted octanol–water partition coefficient (Wildman–Crippen LogP) is 3.08. The number of aliphatic hydroxyl groups is 1. The molecule has 2 aromatic carbocycles. The molecule has 0 saturated heterocycles. The Labute approximate surface area is 159 Å². The first-order chi connectivity index (χ1) is 12.8. The molecule has 1 atom stereocenters. The zero-order valence-electron chi connectivity index (χ0n) is 14.3. The average molecular weight is 393 g/mol. The van der Waals surface area contributed by atoms with E-state index < -0.39 is 22.8 Å². The van der Waals surface area contributed by atoms with Crippen LogP contribution in [0.2, 0.25) is 5.02 Å². The lowest BCUT2D eigenvalue weighted by Crippen LogP contribution is -2.25. The highest BCUT2D eigenvalue weighted by atomic mass is 35.5. The molecule has 0 spiro atoms. The quantitative estimate of drug-likeness (QED) is 0.306. The first-order valence-corrected chi connectivity index (χ1v) is 8.35. The number of non-ortho nitro benzene ring substituents is 1. The summed E-state index contributed by atoms with van der Waals surface area (Å²) in [7, 11) is 0. The Morgan fingerprint density at radius 1 is 1.26 bits per heavy atom. The number of carbonyl (C=O) groups is 2. The Kier molecular flexibility index (Phi) is 6.86. The van der Waals surface area contributed by atoms with E-state index in [-0.39, 0.29) is 30.1 Å². The van der Waals surface area contributed by atoms with Crippen molar-refractivity contribution in [2.24, 2.45) is 0 Å². The minimum Gasteiger partial charge on any atom is -0.451 e. The number of rotatable bonds is 8. The molecule has 27 heavy (non-hydrogen) atoms. The Balaban J connectivity index is 2.22. The number of hydrogen-bond donors (Lipinski definition) is 2. The van der Waals surface area contributed by atoms with Gasteiger partial charge in [-0.1, -0.05) is 11.6 Å². The van der Waals surface area contributed by atoms with Gasteiger partial charge in [-0.2, -0.15) is 0 Å². The highest BCUT2D eigenvalue weighted by Gasteiger charge is 2.24. The van der Waals surface area contributed by atoms with Gasteiger partial charge in [-0.3, -0.25) is 14.9 Å². The fraction of sp³-hybridized carbons (Fsp3) is 0.222. The summed E-state index contributed by atoms with van der Waals surface area (Å²) in [6.45, 7) is 1.35. The molecular formula is C18H17ClN2O6. The fourth-order valence-corrected chi connectivity index (χ4v) is 2.41. The number of nitro benzene ring substituents is 1. The van der Waals surface area contributed by atoms with E-state index in [2.05, 4.69) is 5.32 Å². The van der Waals surface area contributed by atoms with E-state index >= 15 is 0 Å². The Hall–Kier alpha value is -2.97. The van der Waals surface area contributed by atoms with Crippen molar-refractivity contribution in [1.29, 1.82) is 0 Å². The molecule has 0 aliphatic carbocycles. The minimum absolute atomic E-state index is 0.103. The van der Waals surface area contributed by atoms with E-state index in [1.807, 2.05) is 0 Å². The molecule has 0 amide bonds. The standard InChI is InChI=1S/C18H17ClN2O6/c1-11(17(23)12-2-4-13(19)5-3-12)27-18(24)15-10-14(21(25)26)6-7-16(15)20-8-9-22/h2-7,10-11,20,22H,8-9H2,1H3/t11-/m0/s1. The van der Waals surface area contributed by atoms with Gasteiger partial charge in [0.1, 0.15) is 0 Å². The number of nitrogens with zero attached hydrogens (tertiary/aromatic N) is 1. The van der Waals surface area contributed by atoms with E-state index in [0.717, 1.165) is 6.07 Å². The number of hydrogen-bond acceptors (Lipinski definition) is 7. The van der Waals surface area contributed by atoms with Gasteiger partial charge in [0, 0.05) is 35.0 Å². The predicted molar refractivity (Wildman–Crippen MR) is 99.3 cm³/mol. The van der Waals surface area contributed by atoms with Gasteiger partial charge in [-0.25, -0.2) is 4.79 Å². The molecule has 8 nitrogen and oxygen atoms in total. The van der Waals surface area contributed by atoms with E-state index in [4.69, 9.17) is 21.4 Å². The molecule has 142 valence electrons. The molecule has 2 rings (SSSR count). The lowest BCUT2D eigenvalue weighted by molar-refractivity contribution is -0.384. The van der Waals surface area contributed by atoms with E-state index in [1.54, 1.807) is 12.1 Å². The van der Waals surface area contributed by atoms with Gasteiger partial charge in [0.15, 0.2) is 6.10 Å². The third kappa shape index (κ3) is 5.25. The summed E-state index contributed by atoms with van der Waals surface area (Å²) in [5, 5.41) is 23.1. The Morgan fingerprint density at radius 2 is 1.93 bits per heavy atom. The molecule has 2 N–H and O–H groups in total. The number of anilines is 1. The molecule has 0 bridgehead atoms. The smallest absolute Gasteiger partial charge is 0.341 e. The number of esters is 1. The number of Topliss-reactive ketones (excluding diaryl/α,β-unsaturated/α-hetero) is 1. The van der Waals surface area contributed by atoms with Crippen LogP contribution in [0.5, 0.6) is 0 Å². The van der Waals surface area contributed by atoms with Gasteiger partial charge in [-0.05, 0) is 37.3 Å². The Morgan fingerprint density at radius 3 is 2.52 bits per heavy atom. The van der Waals surface area contributed by atoms with Crippen LogP contribution in [0.4, 0.5) is 11.4 Å². The van der Waals surface area contributed by atoms with Crippen molar-refractivity contribution in [3.05, 3.63) is 68.7 Å². The number of ketones is 1. The maximum atomic E-state index is 12.5. The molecule has 0 heterocycles. The maximum absolute atomic E-state index is 12.5. The van der Waals surface area contributed by atoms with E-state index in [1.165, 1.54) is 31.2 Å². The van der Waals surface area contributed by atoms with Crippen molar-refractivity contribution in [2.45, 2.75) is 13.0 Å². The average Bonchev–Trinajstić information content (AvgIpc) is 2.66. The number of benzene rings is 2. The van der Waals surface area contributed by atoms with Crippen LogP contribution in [-0.4, -0.2) is 41.0 Å². The number of carbonyl (C=O) groups excluding carboxylic acids is 2. The second-order valence-electron chi connectivity index (χ2n) is 5.56. The SMILES string of the molecule is C[C@H](OC(=O)c1cc([N+](=O)[O-])ccc1NCCO)C(=O)c1ccc(Cl)cc1. The molecule has 2 aromatic rings. The highest BCUT2D eigenvalue weighted by Crippen LogP contribution is 2.24. The first kappa shape index (κ1) is 20.3. The summed E-state index contributed by atoms with van der Waals surface area (Å²) < 4.78 is 5.19. The van der Waals surface area contributed by atoms with Crippen molar-refractivity contribution < 1.29 is 24.4 Å². The second-order valence-corrected chi connectivity index (χ2v) is 5.99. The van der Waals surface area contributed by atoms with Gasteiger partial charge >= 0.3 is 5.97 Å².